The van der Waals surface area contributed by atoms with Gasteiger partial charge in [-0.3, -0.25) is 0 Å². The van der Waals surface area contributed by atoms with Gasteiger partial charge in [0.15, 0.2) is 11.3 Å². The van der Waals surface area contributed by atoms with Crippen LogP contribution in [0.2, 0.25) is 0 Å². The number of para-hydroxylation sites is 1. The largest absolute Gasteiger partial charge is 0.477 e. The number of benzene rings is 1. The third kappa shape index (κ3) is 4.20. The fourth-order valence-electron chi connectivity index (χ4n) is 6.31. The van der Waals surface area contributed by atoms with Gasteiger partial charge in [-0.25, -0.2) is 14.5 Å². The number of pyridine rings is 1. The topological polar surface area (TPSA) is 74.5 Å². The monoisotopic (exact) mass is 473 g/mol. The highest BCUT2D eigenvalue weighted by Crippen LogP contribution is 2.43. The molecule has 4 heterocycles. The highest BCUT2D eigenvalue weighted by Gasteiger charge is 2.33. The number of rotatable bonds is 5. The van der Waals surface area contributed by atoms with Crippen LogP contribution in [0, 0.1) is 11.8 Å². The van der Waals surface area contributed by atoms with Crippen LogP contribution in [-0.2, 0) is 0 Å². The fraction of sp³-hybridized carbons (Fsp3) is 0.536. The Hall–Kier alpha value is -2.93. The fourth-order valence-corrected chi connectivity index (χ4v) is 6.31. The molecular formula is C28H35N5O2. The van der Waals surface area contributed by atoms with Gasteiger partial charge in [0.05, 0.1) is 22.5 Å². The molecule has 6 rings (SSSR count). The number of anilines is 1. The van der Waals surface area contributed by atoms with Crippen LogP contribution in [0.25, 0.3) is 16.7 Å². The van der Waals surface area contributed by atoms with Crippen molar-refractivity contribution in [3.05, 3.63) is 47.8 Å². The molecule has 7 nitrogen and oxygen atoms in total. The van der Waals surface area contributed by atoms with E-state index in [-0.39, 0.29) is 5.69 Å². The molecule has 0 radical (unpaired) electrons. The van der Waals surface area contributed by atoms with E-state index in [4.69, 9.17) is 5.10 Å². The van der Waals surface area contributed by atoms with Gasteiger partial charge in [0.2, 0.25) is 0 Å². The first kappa shape index (κ1) is 22.5. The van der Waals surface area contributed by atoms with Gasteiger partial charge in [-0.15, -0.1) is 0 Å². The van der Waals surface area contributed by atoms with Gasteiger partial charge in [0.1, 0.15) is 0 Å². The number of hydrogen-bond acceptors (Lipinski definition) is 5. The maximum atomic E-state index is 12.1. The Labute approximate surface area is 206 Å². The summed E-state index contributed by atoms with van der Waals surface area (Å²) in [6, 6.07) is 11.8. The number of fused-ring (bicyclic) bond motifs is 1. The van der Waals surface area contributed by atoms with Crippen LogP contribution in [0.5, 0.6) is 0 Å². The number of carboxylic acids is 1. The zero-order valence-electron chi connectivity index (χ0n) is 20.6. The maximum Gasteiger partial charge on any atom is 0.354 e. The number of aromatic carboxylic acids is 1. The number of carbonyl (C=O) groups is 1. The highest BCUT2D eigenvalue weighted by molar-refractivity contribution is 5.98. The first-order valence-electron chi connectivity index (χ1n) is 13.2. The van der Waals surface area contributed by atoms with Crippen molar-refractivity contribution >= 4 is 22.7 Å². The van der Waals surface area contributed by atoms with Crippen LogP contribution in [0.1, 0.15) is 67.0 Å². The van der Waals surface area contributed by atoms with Gasteiger partial charge in [0.25, 0.3) is 0 Å². The van der Waals surface area contributed by atoms with Crippen LogP contribution in [0.15, 0.2) is 36.4 Å². The number of nitrogens with zero attached hydrogens (tertiary/aromatic N) is 5. The lowest BCUT2D eigenvalue weighted by Crippen LogP contribution is -2.40. The van der Waals surface area contributed by atoms with E-state index in [1.165, 1.54) is 45.2 Å². The van der Waals surface area contributed by atoms with Gasteiger partial charge >= 0.3 is 5.97 Å². The molecule has 0 amide bonds. The molecule has 1 aromatic carbocycles. The van der Waals surface area contributed by atoms with E-state index >= 15 is 0 Å². The van der Waals surface area contributed by atoms with Crippen LogP contribution in [0.4, 0.5) is 5.69 Å². The second kappa shape index (κ2) is 9.26. The Kier molecular flexibility index (Phi) is 5.96. The van der Waals surface area contributed by atoms with Crippen LogP contribution < -0.4 is 4.90 Å². The summed E-state index contributed by atoms with van der Waals surface area (Å²) >= 11 is 0. The molecule has 2 saturated heterocycles. The average molecular weight is 474 g/mol. The molecule has 0 atom stereocenters. The zero-order chi connectivity index (χ0) is 23.9. The molecule has 0 bridgehead atoms. The predicted octanol–water partition coefficient (Wildman–Crippen LogP) is 4.94. The van der Waals surface area contributed by atoms with E-state index in [1.54, 1.807) is 6.07 Å². The maximum absolute atomic E-state index is 12.1. The van der Waals surface area contributed by atoms with E-state index in [2.05, 4.69) is 21.8 Å². The zero-order valence-corrected chi connectivity index (χ0v) is 20.6. The van der Waals surface area contributed by atoms with E-state index < -0.39 is 5.97 Å². The van der Waals surface area contributed by atoms with E-state index in [9.17, 15) is 9.90 Å². The molecule has 35 heavy (non-hydrogen) atoms. The lowest BCUT2D eigenvalue weighted by molar-refractivity contribution is 0.0691. The van der Waals surface area contributed by atoms with Crippen molar-refractivity contribution in [3.63, 3.8) is 0 Å². The smallest absolute Gasteiger partial charge is 0.354 e. The van der Waals surface area contributed by atoms with Gasteiger partial charge < -0.3 is 14.9 Å². The standard InChI is InChI=1S/C28H35N5O2/c1-31-14-10-19(11-15-31)20-12-16-32(17-13-20)24-18-23(28(34)35)29-27-25(24)26(21-6-5-7-21)30-33(27)22-8-3-2-4-9-22/h2-4,8-9,18-21H,5-7,10-17H2,1H3,(H,34,35). The summed E-state index contributed by atoms with van der Waals surface area (Å²) in [6.07, 6.45) is 8.46. The van der Waals surface area contributed by atoms with E-state index in [1.807, 2.05) is 35.0 Å². The van der Waals surface area contributed by atoms with Crippen molar-refractivity contribution in [2.45, 2.75) is 50.9 Å². The third-order valence-corrected chi connectivity index (χ3v) is 8.67. The summed E-state index contributed by atoms with van der Waals surface area (Å²) in [4.78, 5) is 21.6. The van der Waals surface area contributed by atoms with Crippen molar-refractivity contribution in [1.82, 2.24) is 19.7 Å². The van der Waals surface area contributed by atoms with Gasteiger partial charge in [-0.2, -0.15) is 5.10 Å². The number of carboxylic acid groups (broad SMARTS) is 1. The molecule has 3 fully saturated rings. The first-order chi connectivity index (χ1) is 17.1. The van der Waals surface area contributed by atoms with Crippen LogP contribution in [0.3, 0.4) is 0 Å². The number of hydrogen-bond donors (Lipinski definition) is 1. The highest BCUT2D eigenvalue weighted by atomic mass is 16.4. The minimum absolute atomic E-state index is 0.0992. The summed E-state index contributed by atoms with van der Waals surface area (Å²) in [5, 5.41) is 16.0. The SMILES string of the molecule is CN1CCC(C2CCN(c3cc(C(=O)O)nc4c3c(C3CCC3)nn4-c3ccccc3)CC2)CC1. The van der Waals surface area contributed by atoms with Gasteiger partial charge in [-0.1, -0.05) is 24.6 Å². The molecule has 1 aliphatic carbocycles. The van der Waals surface area contributed by atoms with Crippen molar-refractivity contribution in [1.29, 1.82) is 0 Å². The molecule has 1 N–H and O–H groups in total. The molecule has 184 valence electrons. The Morgan fingerprint density at radius 3 is 2.20 bits per heavy atom. The van der Waals surface area contributed by atoms with Crippen LogP contribution >= 0.6 is 0 Å². The minimum Gasteiger partial charge on any atom is -0.477 e. The molecular weight excluding hydrogens is 438 g/mol. The number of piperidine rings is 2. The Bertz CT molecular complexity index is 1200. The van der Waals surface area contributed by atoms with Crippen molar-refractivity contribution in [3.8, 4) is 5.69 Å². The molecule has 1 saturated carbocycles. The van der Waals surface area contributed by atoms with Crippen LogP contribution in [-0.4, -0.2) is 64.0 Å². The Morgan fingerprint density at radius 1 is 0.943 bits per heavy atom. The number of likely N-dealkylation sites (tertiary alicyclic amines) is 1. The van der Waals surface area contributed by atoms with Gasteiger partial charge in [-0.05, 0) is 88.7 Å². The third-order valence-electron chi connectivity index (χ3n) is 8.67. The molecule has 7 heteroatoms. The Morgan fingerprint density at radius 2 is 1.60 bits per heavy atom. The van der Waals surface area contributed by atoms with Crippen molar-refractivity contribution in [2.24, 2.45) is 11.8 Å². The second-order valence-corrected chi connectivity index (χ2v) is 10.8. The second-order valence-electron chi connectivity index (χ2n) is 10.8. The summed E-state index contributed by atoms with van der Waals surface area (Å²) in [5.74, 6) is 1.04. The molecule has 0 unspecified atom stereocenters. The molecule has 0 spiro atoms. The average Bonchev–Trinajstić information content (AvgIpc) is 3.23. The van der Waals surface area contributed by atoms with Gasteiger partial charge in [0, 0.05) is 19.0 Å². The summed E-state index contributed by atoms with van der Waals surface area (Å²) in [6.45, 7) is 4.36. The molecule has 3 aromatic rings. The van der Waals surface area contributed by atoms with Crippen molar-refractivity contribution < 1.29 is 9.90 Å². The lowest BCUT2D eigenvalue weighted by Gasteiger charge is -2.40. The van der Waals surface area contributed by atoms with E-state index in [0.717, 1.165) is 60.2 Å². The first-order valence-corrected chi connectivity index (χ1v) is 13.2. The molecule has 3 aliphatic rings. The normalized spacial score (nSPS) is 20.9. The molecule has 2 aliphatic heterocycles. The summed E-state index contributed by atoms with van der Waals surface area (Å²) in [5.41, 5.74) is 3.79. The van der Waals surface area contributed by atoms with E-state index in [0.29, 0.717) is 11.6 Å². The lowest BCUT2D eigenvalue weighted by atomic mass is 9.78. The summed E-state index contributed by atoms with van der Waals surface area (Å²) < 4.78 is 1.87. The van der Waals surface area contributed by atoms with Crippen molar-refractivity contribution in [2.75, 3.05) is 38.1 Å². The number of aromatic nitrogens is 3. The minimum atomic E-state index is -0.986. The predicted molar refractivity (Wildman–Crippen MR) is 138 cm³/mol. The molecule has 2 aromatic heterocycles. The Balaban J connectivity index is 1.39. The quantitative estimate of drug-likeness (QED) is 0.566. The summed E-state index contributed by atoms with van der Waals surface area (Å²) in [7, 11) is 2.23.